The molecule has 9 aromatic carbocycles. The van der Waals surface area contributed by atoms with Crippen molar-refractivity contribution in [1.82, 2.24) is 15.0 Å². The maximum Gasteiger partial charge on any atom is 0.164 e. The summed E-state index contributed by atoms with van der Waals surface area (Å²) in [5.41, 5.74) is 18.6. The Hall–Kier alpha value is -8.21. The summed E-state index contributed by atoms with van der Waals surface area (Å²) in [6.45, 7) is 4.67. The van der Waals surface area contributed by atoms with Crippen molar-refractivity contribution in [3.63, 3.8) is 0 Å². The topological polar surface area (TPSA) is 51.8 Å². The number of aromatic nitrogens is 3. The Balaban J connectivity index is 1.01. The van der Waals surface area contributed by atoms with Gasteiger partial charge in [0.05, 0.1) is 0 Å². The lowest BCUT2D eigenvalue weighted by molar-refractivity contribution is 0.662. The summed E-state index contributed by atoms with van der Waals surface area (Å²) in [4.78, 5) is 15.8. The normalized spacial score (nSPS) is 12.7. The molecule has 4 nitrogen and oxygen atoms in total. The Morgan fingerprint density at radius 1 is 0.328 bits per heavy atom. The van der Waals surface area contributed by atoms with Crippen LogP contribution < -0.4 is 0 Å². The number of nitrogens with zero attached hydrogens (tertiary/aromatic N) is 3. The van der Waals surface area contributed by atoms with E-state index in [0.717, 1.165) is 66.4 Å². The maximum absolute atomic E-state index is 6.58. The molecule has 4 heteroatoms. The minimum absolute atomic E-state index is 0.158. The van der Waals surface area contributed by atoms with E-state index in [-0.39, 0.29) is 5.41 Å². The third kappa shape index (κ3) is 6.34. The molecule has 0 bridgehead atoms. The molecule has 0 saturated heterocycles. The molecule has 0 saturated carbocycles. The summed E-state index contributed by atoms with van der Waals surface area (Å²) in [5.74, 6) is 1.77. The zero-order valence-electron chi connectivity index (χ0n) is 35.5. The van der Waals surface area contributed by atoms with Gasteiger partial charge in [0, 0.05) is 32.9 Å². The average Bonchev–Trinajstić information content (AvgIpc) is 3.86. The molecule has 0 fully saturated rings. The van der Waals surface area contributed by atoms with Gasteiger partial charge in [0.2, 0.25) is 0 Å². The van der Waals surface area contributed by atoms with Gasteiger partial charge in [0.1, 0.15) is 11.2 Å². The van der Waals surface area contributed by atoms with E-state index in [1.54, 1.807) is 0 Å². The fraction of sp³-hybridized carbons (Fsp3) is 0.0500. The predicted octanol–water partition coefficient (Wildman–Crippen LogP) is 15.7. The molecule has 64 heavy (non-hydrogen) atoms. The van der Waals surface area contributed by atoms with Crippen LogP contribution in [0.15, 0.2) is 217 Å². The quantitative estimate of drug-likeness (QED) is 0.161. The molecule has 0 N–H and O–H groups in total. The smallest absolute Gasteiger partial charge is 0.164 e. The predicted molar refractivity (Wildman–Crippen MR) is 263 cm³/mol. The number of rotatable bonds is 7. The van der Waals surface area contributed by atoms with Crippen molar-refractivity contribution in [2.24, 2.45) is 0 Å². The van der Waals surface area contributed by atoms with Crippen molar-refractivity contribution < 1.29 is 4.42 Å². The van der Waals surface area contributed by atoms with Crippen LogP contribution in [0.25, 0.3) is 112 Å². The maximum atomic E-state index is 6.58. The fourth-order valence-corrected chi connectivity index (χ4v) is 9.85. The number of furan rings is 1. The highest BCUT2D eigenvalue weighted by molar-refractivity contribution is 6.13. The first-order valence-corrected chi connectivity index (χ1v) is 21.8. The molecule has 2 heterocycles. The van der Waals surface area contributed by atoms with Crippen LogP contribution in [0.3, 0.4) is 0 Å². The number of hydrogen-bond acceptors (Lipinski definition) is 4. The van der Waals surface area contributed by atoms with E-state index in [1.165, 1.54) is 38.9 Å². The molecule has 11 aromatic rings. The first-order chi connectivity index (χ1) is 31.5. The van der Waals surface area contributed by atoms with Gasteiger partial charge in [-0.15, -0.1) is 0 Å². The molecular weight excluding hydrogens is 779 g/mol. The Bertz CT molecular complexity index is 3590. The highest BCUT2D eigenvalue weighted by Crippen LogP contribution is 2.52. The Kier molecular flexibility index (Phi) is 8.80. The summed E-state index contributed by atoms with van der Waals surface area (Å²) in [6, 6.07) is 74.9. The van der Waals surface area contributed by atoms with Crippen molar-refractivity contribution in [3.8, 4) is 89.8 Å². The summed E-state index contributed by atoms with van der Waals surface area (Å²) in [6.07, 6.45) is 0. The van der Waals surface area contributed by atoms with Gasteiger partial charge in [-0.2, -0.15) is 0 Å². The van der Waals surface area contributed by atoms with Crippen molar-refractivity contribution >= 4 is 21.9 Å². The van der Waals surface area contributed by atoms with Crippen molar-refractivity contribution in [2.75, 3.05) is 0 Å². The van der Waals surface area contributed by atoms with E-state index < -0.39 is 0 Å². The van der Waals surface area contributed by atoms with Crippen molar-refractivity contribution in [3.05, 3.63) is 223 Å². The van der Waals surface area contributed by atoms with Crippen LogP contribution in [0.5, 0.6) is 0 Å². The summed E-state index contributed by atoms with van der Waals surface area (Å²) < 4.78 is 6.58. The lowest BCUT2D eigenvalue weighted by atomic mass is 9.79. The summed E-state index contributed by atoms with van der Waals surface area (Å²) in [5, 5.41) is 2.14. The molecule has 1 aliphatic carbocycles. The van der Waals surface area contributed by atoms with E-state index in [1.807, 2.05) is 18.2 Å². The van der Waals surface area contributed by atoms with Gasteiger partial charge in [-0.25, -0.2) is 15.0 Å². The zero-order chi connectivity index (χ0) is 42.8. The first kappa shape index (κ1) is 37.5. The van der Waals surface area contributed by atoms with E-state index in [4.69, 9.17) is 19.4 Å². The molecular formula is C60H41N3O. The van der Waals surface area contributed by atoms with Crippen molar-refractivity contribution in [1.29, 1.82) is 0 Å². The van der Waals surface area contributed by atoms with Gasteiger partial charge in [-0.3, -0.25) is 0 Å². The van der Waals surface area contributed by atoms with Gasteiger partial charge in [-0.05, 0) is 103 Å². The SMILES string of the molecule is CC1(C)c2ccccc2-c2cccc(-c3cccc(-c4nc(-c5cccc(-c6cccc(-c7ccccc7)c6)c5)nc(-c5ccc6c(c5)oc5cccc(-c7ccccc7)c56)n4)c3)c21. The molecule has 0 amide bonds. The van der Waals surface area contributed by atoms with Crippen LogP contribution in [0.2, 0.25) is 0 Å². The first-order valence-electron chi connectivity index (χ1n) is 21.8. The Morgan fingerprint density at radius 2 is 0.797 bits per heavy atom. The standard InChI is InChI=1S/C60H41N3O/c1-60(2)52-30-10-9-26-49(52)50-29-14-28-48(56(50)60)43-23-13-25-45(36-43)58-61-57(44-24-12-22-42(35-44)41-21-11-20-40(34-41)38-16-5-3-6-17-38)62-59(63-58)46-32-33-51-54(37-46)64-53-31-15-27-47(55(51)53)39-18-7-4-8-19-39/h3-37H,1-2H3. The molecule has 1 aliphatic rings. The molecule has 0 radical (unpaired) electrons. The van der Waals surface area contributed by atoms with Crippen LogP contribution in [0.1, 0.15) is 25.0 Å². The van der Waals surface area contributed by atoms with Crippen molar-refractivity contribution in [2.45, 2.75) is 19.3 Å². The second-order valence-electron chi connectivity index (χ2n) is 17.2. The van der Waals surface area contributed by atoms with Gasteiger partial charge in [0.25, 0.3) is 0 Å². The highest BCUT2D eigenvalue weighted by Gasteiger charge is 2.37. The van der Waals surface area contributed by atoms with Crippen LogP contribution in [-0.2, 0) is 5.41 Å². The molecule has 12 rings (SSSR count). The van der Waals surface area contributed by atoms with E-state index in [9.17, 15) is 0 Å². The summed E-state index contributed by atoms with van der Waals surface area (Å²) in [7, 11) is 0. The molecule has 302 valence electrons. The minimum atomic E-state index is -0.158. The van der Waals surface area contributed by atoms with E-state index in [0.29, 0.717) is 17.5 Å². The van der Waals surface area contributed by atoms with Gasteiger partial charge in [-0.1, -0.05) is 190 Å². The molecule has 0 aliphatic heterocycles. The highest BCUT2D eigenvalue weighted by atomic mass is 16.3. The van der Waals surface area contributed by atoms with Gasteiger partial charge < -0.3 is 4.42 Å². The molecule has 0 atom stereocenters. The summed E-state index contributed by atoms with van der Waals surface area (Å²) >= 11 is 0. The van der Waals surface area contributed by atoms with Gasteiger partial charge in [0.15, 0.2) is 17.5 Å². The van der Waals surface area contributed by atoms with Crippen LogP contribution in [-0.4, -0.2) is 15.0 Å². The Morgan fingerprint density at radius 3 is 1.50 bits per heavy atom. The largest absolute Gasteiger partial charge is 0.456 e. The minimum Gasteiger partial charge on any atom is -0.456 e. The molecule has 0 unspecified atom stereocenters. The number of hydrogen-bond donors (Lipinski definition) is 0. The van der Waals surface area contributed by atoms with E-state index in [2.05, 4.69) is 208 Å². The zero-order valence-corrected chi connectivity index (χ0v) is 35.5. The second-order valence-corrected chi connectivity index (χ2v) is 17.2. The van der Waals surface area contributed by atoms with Crippen LogP contribution in [0, 0.1) is 0 Å². The monoisotopic (exact) mass is 819 g/mol. The van der Waals surface area contributed by atoms with Gasteiger partial charge >= 0.3 is 0 Å². The number of fused-ring (bicyclic) bond motifs is 6. The third-order valence-electron chi connectivity index (χ3n) is 12.9. The lowest BCUT2D eigenvalue weighted by Gasteiger charge is -2.24. The number of benzene rings is 9. The second kappa shape index (κ2) is 15.0. The third-order valence-corrected chi connectivity index (χ3v) is 12.9. The molecule has 2 aromatic heterocycles. The molecule has 0 spiro atoms. The Labute approximate surface area is 372 Å². The fourth-order valence-electron chi connectivity index (χ4n) is 9.85. The average molecular weight is 820 g/mol. The van der Waals surface area contributed by atoms with Crippen LogP contribution >= 0.6 is 0 Å². The van der Waals surface area contributed by atoms with Crippen LogP contribution in [0.4, 0.5) is 0 Å². The van der Waals surface area contributed by atoms with E-state index >= 15 is 0 Å². The lowest BCUT2D eigenvalue weighted by Crippen LogP contribution is -2.16.